The van der Waals surface area contributed by atoms with E-state index in [1.807, 2.05) is 0 Å². The zero-order valence-corrected chi connectivity index (χ0v) is 33.7. The lowest BCUT2D eigenvalue weighted by molar-refractivity contribution is 1.08. The second-order valence-electron chi connectivity index (χ2n) is 16.0. The van der Waals surface area contributed by atoms with Gasteiger partial charge in [-0.15, -0.1) is 0 Å². The van der Waals surface area contributed by atoms with Crippen molar-refractivity contribution in [2.75, 3.05) is 0 Å². The lowest BCUT2D eigenvalue weighted by atomic mass is 9.85. The van der Waals surface area contributed by atoms with E-state index in [-0.39, 0.29) is 0 Å². The Kier molecular flexibility index (Phi) is 8.50. The molecule has 0 aliphatic rings. The van der Waals surface area contributed by atoms with E-state index in [0.29, 0.717) is 17.5 Å². The summed E-state index contributed by atoms with van der Waals surface area (Å²) in [6.45, 7) is 0. The SMILES string of the molecule is c1cc(-c2nc(-c3ccc4ccccc4c3)nc(-c3ccc4ccccc4c3)n2)cc(-c2c3ccccc3c(-c3ccc(-c4ccc5ccccc5c4)cc3)c3ccccc23)c1. The van der Waals surface area contributed by atoms with E-state index in [2.05, 4.69) is 224 Å². The first-order valence-electron chi connectivity index (χ1n) is 21.1. The Morgan fingerprint density at radius 2 is 0.516 bits per heavy atom. The van der Waals surface area contributed by atoms with Gasteiger partial charge in [-0.1, -0.05) is 200 Å². The van der Waals surface area contributed by atoms with E-state index >= 15 is 0 Å². The van der Waals surface area contributed by atoms with Gasteiger partial charge in [-0.3, -0.25) is 0 Å². The highest BCUT2D eigenvalue weighted by Crippen LogP contribution is 2.44. The Morgan fingerprint density at radius 3 is 0.984 bits per heavy atom. The van der Waals surface area contributed by atoms with Crippen LogP contribution in [0.15, 0.2) is 224 Å². The zero-order chi connectivity index (χ0) is 41.0. The topological polar surface area (TPSA) is 38.7 Å². The van der Waals surface area contributed by atoms with Crippen LogP contribution in [0.2, 0.25) is 0 Å². The van der Waals surface area contributed by atoms with E-state index in [1.54, 1.807) is 0 Å². The van der Waals surface area contributed by atoms with Crippen molar-refractivity contribution in [2.45, 2.75) is 0 Å². The van der Waals surface area contributed by atoms with Crippen LogP contribution in [0, 0.1) is 0 Å². The van der Waals surface area contributed by atoms with Gasteiger partial charge in [0.25, 0.3) is 0 Å². The van der Waals surface area contributed by atoms with Crippen LogP contribution in [0.3, 0.4) is 0 Å². The first-order valence-corrected chi connectivity index (χ1v) is 21.1. The second kappa shape index (κ2) is 14.8. The molecule has 0 aliphatic heterocycles. The van der Waals surface area contributed by atoms with Crippen LogP contribution in [0.4, 0.5) is 0 Å². The van der Waals surface area contributed by atoms with Crippen LogP contribution in [0.25, 0.3) is 121 Å². The molecule has 12 aromatic rings. The van der Waals surface area contributed by atoms with Crippen molar-refractivity contribution in [3.8, 4) is 67.5 Å². The lowest BCUT2D eigenvalue weighted by Crippen LogP contribution is -2.00. The van der Waals surface area contributed by atoms with Gasteiger partial charge in [0.1, 0.15) is 0 Å². The number of hydrogen-bond donors (Lipinski definition) is 0. The van der Waals surface area contributed by atoms with E-state index < -0.39 is 0 Å². The van der Waals surface area contributed by atoms with Crippen LogP contribution in [0.1, 0.15) is 0 Å². The average Bonchev–Trinajstić information content (AvgIpc) is 3.35. The molecular weight excluding hydrogens is 751 g/mol. The van der Waals surface area contributed by atoms with Crippen LogP contribution < -0.4 is 0 Å². The number of benzene rings is 11. The molecule has 0 saturated carbocycles. The van der Waals surface area contributed by atoms with Gasteiger partial charge in [0.15, 0.2) is 17.5 Å². The van der Waals surface area contributed by atoms with Gasteiger partial charge in [-0.2, -0.15) is 0 Å². The average molecular weight is 788 g/mol. The van der Waals surface area contributed by atoms with E-state index in [1.165, 1.54) is 70.9 Å². The number of rotatable bonds is 6. The van der Waals surface area contributed by atoms with Gasteiger partial charge in [0.2, 0.25) is 0 Å². The summed E-state index contributed by atoms with van der Waals surface area (Å²) in [7, 11) is 0. The molecule has 1 heterocycles. The summed E-state index contributed by atoms with van der Waals surface area (Å²) in [5, 5.41) is 12.0. The molecule has 3 heteroatoms. The molecule has 11 aromatic carbocycles. The number of hydrogen-bond acceptors (Lipinski definition) is 3. The van der Waals surface area contributed by atoms with Crippen molar-refractivity contribution in [3.05, 3.63) is 224 Å². The maximum atomic E-state index is 5.20. The predicted molar refractivity (Wildman–Crippen MR) is 260 cm³/mol. The molecule has 62 heavy (non-hydrogen) atoms. The lowest BCUT2D eigenvalue weighted by Gasteiger charge is -2.18. The van der Waals surface area contributed by atoms with E-state index in [9.17, 15) is 0 Å². The maximum Gasteiger partial charge on any atom is 0.164 e. The van der Waals surface area contributed by atoms with Crippen LogP contribution in [0.5, 0.6) is 0 Å². The fourth-order valence-electron chi connectivity index (χ4n) is 9.18. The van der Waals surface area contributed by atoms with Gasteiger partial charge < -0.3 is 0 Å². The molecule has 0 spiro atoms. The fourth-order valence-corrected chi connectivity index (χ4v) is 9.18. The first kappa shape index (κ1) is 35.7. The van der Waals surface area contributed by atoms with Gasteiger partial charge in [-0.25, -0.2) is 15.0 Å². The highest BCUT2D eigenvalue weighted by atomic mass is 15.0. The third-order valence-electron chi connectivity index (χ3n) is 12.2. The molecule has 0 radical (unpaired) electrons. The Balaban J connectivity index is 1.00. The summed E-state index contributed by atoms with van der Waals surface area (Å²) < 4.78 is 0. The fraction of sp³-hybridized carbons (Fsp3) is 0. The highest BCUT2D eigenvalue weighted by molar-refractivity contribution is 6.21. The molecule has 0 atom stereocenters. The van der Waals surface area contributed by atoms with E-state index in [4.69, 9.17) is 15.0 Å². The Morgan fingerprint density at radius 1 is 0.194 bits per heavy atom. The Bertz CT molecular complexity index is 3540. The van der Waals surface area contributed by atoms with Crippen LogP contribution >= 0.6 is 0 Å². The van der Waals surface area contributed by atoms with Crippen LogP contribution in [-0.2, 0) is 0 Å². The minimum absolute atomic E-state index is 0.630. The molecular formula is C59H37N3. The molecule has 12 rings (SSSR count). The summed E-state index contributed by atoms with van der Waals surface area (Å²) in [4.78, 5) is 15.5. The van der Waals surface area contributed by atoms with E-state index in [0.717, 1.165) is 33.0 Å². The molecule has 0 N–H and O–H groups in total. The minimum Gasteiger partial charge on any atom is -0.208 e. The normalized spacial score (nSPS) is 11.5. The Hall–Kier alpha value is -8.27. The van der Waals surface area contributed by atoms with Crippen molar-refractivity contribution >= 4 is 53.9 Å². The van der Waals surface area contributed by atoms with Crippen molar-refractivity contribution in [1.82, 2.24) is 15.0 Å². The minimum atomic E-state index is 0.630. The van der Waals surface area contributed by atoms with Gasteiger partial charge in [0.05, 0.1) is 0 Å². The summed E-state index contributed by atoms with van der Waals surface area (Å²) >= 11 is 0. The zero-order valence-electron chi connectivity index (χ0n) is 33.7. The highest BCUT2D eigenvalue weighted by Gasteiger charge is 2.19. The van der Waals surface area contributed by atoms with Gasteiger partial charge >= 0.3 is 0 Å². The standard InChI is InChI=1S/C59H37N3/c1-4-15-43-34-46(31-26-38(43)12-1)41-24-29-42(30-25-41)55-51-20-7-9-22-53(51)56(54-23-10-8-21-52(54)55)47-18-11-19-48(37-47)57-60-58(49-32-27-39-13-2-5-16-44(39)35-49)62-59(61-57)50-33-28-40-14-3-6-17-45(40)36-50/h1-37H. The summed E-state index contributed by atoms with van der Waals surface area (Å²) in [5.74, 6) is 1.91. The predicted octanol–water partition coefficient (Wildman–Crippen LogP) is 15.6. The van der Waals surface area contributed by atoms with Crippen molar-refractivity contribution in [3.63, 3.8) is 0 Å². The number of aromatic nitrogens is 3. The largest absolute Gasteiger partial charge is 0.208 e. The van der Waals surface area contributed by atoms with Crippen LogP contribution in [-0.4, -0.2) is 15.0 Å². The molecule has 0 bridgehead atoms. The molecule has 288 valence electrons. The molecule has 3 nitrogen and oxygen atoms in total. The maximum absolute atomic E-state index is 5.20. The van der Waals surface area contributed by atoms with Crippen molar-refractivity contribution < 1.29 is 0 Å². The third kappa shape index (κ3) is 6.27. The molecule has 0 saturated heterocycles. The van der Waals surface area contributed by atoms with Crippen molar-refractivity contribution in [2.24, 2.45) is 0 Å². The number of nitrogens with zero attached hydrogens (tertiary/aromatic N) is 3. The third-order valence-corrected chi connectivity index (χ3v) is 12.2. The molecule has 0 amide bonds. The smallest absolute Gasteiger partial charge is 0.164 e. The number of fused-ring (bicyclic) bond motifs is 5. The molecule has 0 unspecified atom stereocenters. The van der Waals surface area contributed by atoms with Gasteiger partial charge in [0, 0.05) is 16.7 Å². The van der Waals surface area contributed by atoms with Gasteiger partial charge in [-0.05, 0) is 112 Å². The van der Waals surface area contributed by atoms with Crippen molar-refractivity contribution in [1.29, 1.82) is 0 Å². The summed E-state index contributed by atoms with van der Waals surface area (Å²) in [6.07, 6.45) is 0. The molecule has 0 fully saturated rings. The monoisotopic (exact) mass is 787 g/mol. The quantitative estimate of drug-likeness (QED) is 0.158. The second-order valence-corrected chi connectivity index (χ2v) is 16.0. The first-order chi connectivity index (χ1) is 30.7. The summed E-state index contributed by atoms with van der Waals surface area (Å²) in [5.41, 5.74) is 9.96. The summed E-state index contributed by atoms with van der Waals surface area (Å²) in [6, 6.07) is 80.3. The molecule has 0 aliphatic carbocycles. The molecule has 1 aromatic heterocycles. The Labute approximate surface area is 359 Å².